The van der Waals surface area contributed by atoms with Gasteiger partial charge < -0.3 is 28.1 Å². The summed E-state index contributed by atoms with van der Waals surface area (Å²) in [6.07, 6.45) is 5.11. The van der Waals surface area contributed by atoms with Crippen LogP contribution in [-0.2, 0) is 9.47 Å². The summed E-state index contributed by atoms with van der Waals surface area (Å²) in [6.45, 7) is 59.1. The van der Waals surface area contributed by atoms with Crippen LogP contribution < -0.4 is 51.4 Å². The first-order chi connectivity index (χ1) is 23.3. The Hall–Kier alpha value is 4.71. The zero-order valence-corrected chi connectivity index (χ0v) is 56.7. The maximum absolute atomic E-state index is 4.94. The Bertz CT molecular complexity index is 773. The fourth-order valence-electron chi connectivity index (χ4n) is 5.49. The summed E-state index contributed by atoms with van der Waals surface area (Å²) in [4.78, 5) is 0. The van der Waals surface area contributed by atoms with Crippen molar-refractivity contribution in [1.82, 2.24) is 0 Å². The van der Waals surface area contributed by atoms with Crippen LogP contribution >= 0.6 is 0 Å². The molecule has 17 heteroatoms. The molecule has 1 aromatic rings. The third kappa shape index (κ3) is 93.6. The zero-order chi connectivity index (χ0) is 42.8. The molecule has 0 atom stereocenters. The fourth-order valence-corrected chi connectivity index (χ4v) is 37.7. The summed E-state index contributed by atoms with van der Waals surface area (Å²) in [6, 6.07) is 14.0. The van der Waals surface area contributed by atoms with Crippen LogP contribution in [0.15, 0.2) is 42.5 Å². The molecule has 2 aliphatic heterocycles. The van der Waals surface area contributed by atoms with E-state index < -0.39 is 65.9 Å². The van der Waals surface area contributed by atoms with Crippen molar-refractivity contribution >= 4 is 65.9 Å². The van der Waals surface area contributed by atoms with Gasteiger partial charge in [-0.2, -0.15) is 0 Å². The van der Waals surface area contributed by atoms with Crippen LogP contribution in [0.3, 0.4) is 0 Å². The Kier molecular flexibility index (Phi) is 50.8. The Morgan fingerprint density at radius 3 is 0.571 bits per heavy atom. The first-order valence-corrected chi connectivity index (χ1v) is 47.9. The maximum atomic E-state index is 4.94. The molecule has 6 nitrogen and oxygen atoms in total. The van der Waals surface area contributed by atoms with Crippen molar-refractivity contribution in [3.63, 3.8) is 0 Å². The first kappa shape index (κ1) is 75.0. The van der Waals surface area contributed by atoms with Gasteiger partial charge in [-0.25, -0.2) is 0 Å². The molecule has 0 spiro atoms. The van der Waals surface area contributed by atoms with Gasteiger partial charge in [0.15, 0.2) is 0 Å². The molecule has 0 N–H and O–H groups in total. The standard InChI is InChI=1S/C7H7.4C6H18NSi2.2C4H8O.2Er.K/c1-2-4-6-7-5-3-1;4*1-8(2,3)7-9(4,5)6;2*1-2-4-5-3-1;;;/h1-7H;4*1-6H3;2*1-4H2;;;/q+1;4*-1;;;;;+1. The second-order valence-electron chi connectivity index (χ2n) is 21.8. The Morgan fingerprint density at radius 2 is 0.482 bits per heavy atom. The van der Waals surface area contributed by atoms with Crippen molar-refractivity contribution < 1.29 is 135 Å². The van der Waals surface area contributed by atoms with E-state index in [2.05, 4.69) is 157 Å². The normalized spacial score (nSPS) is 14.3. The SMILES string of the molecule is C1CCOC1.C1CCOC1.C[Si](C)(C)[N-][Si](C)(C)C.C[Si](C)(C)[N-][Si](C)(C)C.C[Si](C)(C)[N-][Si](C)(C)C.C[Si](C)(C)[N-][Si](C)(C)C.[Er].[Er].[K+].c1ccc[cH+]cc1. The summed E-state index contributed by atoms with van der Waals surface area (Å²) in [7, 11) is -8.85. The van der Waals surface area contributed by atoms with Gasteiger partial charge >= 0.3 is 51.4 Å². The van der Waals surface area contributed by atoms with E-state index in [-0.39, 0.29) is 126 Å². The number of hydrogen-bond acceptors (Lipinski definition) is 2. The molecule has 2 heterocycles. The van der Waals surface area contributed by atoms with Crippen LogP contribution in [0.5, 0.6) is 0 Å². The predicted octanol–water partition coefficient (Wildman–Crippen LogP) is 12.7. The maximum Gasteiger partial charge on any atom is 1.00 e. The van der Waals surface area contributed by atoms with Gasteiger partial charge in [0.05, 0.1) is 0 Å². The van der Waals surface area contributed by atoms with E-state index in [1.807, 2.05) is 42.5 Å². The molecule has 0 amide bonds. The predicted molar refractivity (Wildman–Crippen MR) is 271 cm³/mol. The van der Waals surface area contributed by atoms with Crippen molar-refractivity contribution in [2.45, 2.75) is 183 Å². The molecule has 0 bridgehead atoms. The van der Waals surface area contributed by atoms with Gasteiger partial charge in [-0.3, -0.25) is 0 Å². The van der Waals surface area contributed by atoms with Crippen LogP contribution in [0.4, 0.5) is 0 Å². The summed E-state index contributed by atoms with van der Waals surface area (Å²) >= 11 is 0. The van der Waals surface area contributed by atoms with Gasteiger partial charge in [0.1, 0.15) is 0 Å². The van der Waals surface area contributed by atoms with Crippen molar-refractivity contribution in [3.8, 4) is 0 Å². The molecule has 0 unspecified atom stereocenters. The monoisotopic (exact) mass is 1250 g/mol. The number of hydrogen-bond donors (Lipinski definition) is 0. The molecule has 1 aromatic carbocycles. The first-order valence-electron chi connectivity index (χ1n) is 20.3. The van der Waals surface area contributed by atoms with E-state index in [0.717, 1.165) is 26.4 Å². The molecule has 342 valence electrons. The van der Waals surface area contributed by atoms with Gasteiger partial charge in [-0.1, -0.05) is 223 Å². The molecule has 0 aromatic heterocycles. The van der Waals surface area contributed by atoms with Crippen LogP contribution in [0.1, 0.15) is 25.7 Å². The zero-order valence-electron chi connectivity index (χ0n) is 41.9. The second-order valence-corrected chi connectivity index (χ2v) is 60.1. The largest absolute Gasteiger partial charge is 1.00 e. The molecule has 2 fully saturated rings. The van der Waals surface area contributed by atoms with Crippen molar-refractivity contribution in [2.24, 2.45) is 0 Å². The van der Waals surface area contributed by atoms with E-state index >= 15 is 0 Å². The summed E-state index contributed by atoms with van der Waals surface area (Å²) in [5, 5.41) is 0. The minimum absolute atomic E-state index is 0. The Balaban J connectivity index is -0.0000000999. The molecular formula is C39H95Er2KN4O2Si8-2. The van der Waals surface area contributed by atoms with E-state index in [1.165, 1.54) is 25.7 Å². The van der Waals surface area contributed by atoms with E-state index in [1.54, 1.807) is 0 Å². The van der Waals surface area contributed by atoms with Crippen LogP contribution in [0.2, 0.25) is 157 Å². The number of nitrogens with zero attached hydrogens (tertiary/aromatic N) is 4. The van der Waals surface area contributed by atoms with Gasteiger partial charge in [0.25, 0.3) is 0 Å². The molecule has 0 saturated carbocycles. The van der Waals surface area contributed by atoms with Crippen molar-refractivity contribution in [1.29, 1.82) is 0 Å². The van der Waals surface area contributed by atoms with Crippen molar-refractivity contribution in [3.05, 3.63) is 61.1 Å². The van der Waals surface area contributed by atoms with Crippen molar-refractivity contribution in [2.75, 3.05) is 26.4 Å². The second kappa shape index (κ2) is 37.9. The van der Waals surface area contributed by atoms with Gasteiger partial charge in [0.2, 0.25) is 0 Å². The number of rotatable bonds is 8. The van der Waals surface area contributed by atoms with Crippen LogP contribution in [0.25, 0.3) is 18.6 Å². The Labute approximate surface area is 464 Å². The topological polar surface area (TPSA) is 74.9 Å². The van der Waals surface area contributed by atoms with E-state index in [4.69, 9.17) is 28.1 Å². The minimum Gasteiger partial charge on any atom is -0.668 e. The van der Waals surface area contributed by atoms with Gasteiger partial charge in [0, 0.05) is 144 Å². The molecule has 56 heavy (non-hydrogen) atoms. The molecule has 2 saturated heterocycles. The molecule has 2 aliphatic rings. The van der Waals surface area contributed by atoms with Crippen LogP contribution in [0, 0.1) is 74.6 Å². The molecule has 0 radical (unpaired) electrons. The van der Waals surface area contributed by atoms with E-state index in [9.17, 15) is 0 Å². The average Bonchev–Trinajstić information content (AvgIpc) is 3.53. The summed E-state index contributed by atoms with van der Waals surface area (Å²) < 4.78 is 29.2. The van der Waals surface area contributed by atoms with Gasteiger partial charge in [-0.05, 0) is 25.7 Å². The third-order valence-electron chi connectivity index (χ3n) is 5.12. The quantitative estimate of drug-likeness (QED) is 0.192. The van der Waals surface area contributed by atoms with Gasteiger partial charge in [-0.15, -0.1) is 0 Å². The number of ether oxygens (including phenoxy) is 2. The summed E-state index contributed by atoms with van der Waals surface area (Å²) in [5.74, 6) is 0. The molecule has 3 rings (SSSR count). The third-order valence-corrected chi connectivity index (χ3v) is 26.6. The van der Waals surface area contributed by atoms with E-state index in [0.29, 0.717) is 0 Å². The fraction of sp³-hybridized carbons (Fsp3) is 0.821. The molecule has 0 aliphatic carbocycles. The average molecular weight is 1250 g/mol. The minimum atomic E-state index is -1.11. The Morgan fingerprint density at radius 1 is 0.321 bits per heavy atom. The summed E-state index contributed by atoms with van der Waals surface area (Å²) in [5.41, 5.74) is 0. The van der Waals surface area contributed by atoms with Crippen LogP contribution in [-0.4, -0.2) is 92.3 Å². The molecular weight excluding hydrogens is 1150 g/mol. The smallest absolute Gasteiger partial charge is 0.668 e.